The second-order valence-electron chi connectivity index (χ2n) is 5.09. The molecule has 2 aromatic rings. The Bertz CT molecular complexity index is 769. The molecule has 7 heteroatoms. The summed E-state index contributed by atoms with van der Waals surface area (Å²) in [6, 6.07) is 3.26. The van der Waals surface area contributed by atoms with Gasteiger partial charge in [0.1, 0.15) is 17.1 Å². The third kappa shape index (κ3) is 3.86. The molecule has 7 nitrogen and oxygen atoms in total. The minimum atomic E-state index is -0.420. The van der Waals surface area contributed by atoms with E-state index in [2.05, 4.69) is 10.3 Å². The molecule has 0 aliphatic carbocycles. The van der Waals surface area contributed by atoms with Crippen LogP contribution in [0, 0.1) is 0 Å². The molecule has 1 amide bonds. The molecule has 0 spiro atoms. The zero-order chi connectivity index (χ0) is 17.5. The van der Waals surface area contributed by atoms with Crippen LogP contribution in [0.15, 0.2) is 23.1 Å². The molecule has 1 heterocycles. The number of pyridine rings is 1. The maximum Gasteiger partial charge on any atom is 0.256 e. The van der Waals surface area contributed by atoms with E-state index in [4.69, 9.17) is 14.2 Å². The number of methoxy groups -OCH3 is 2. The van der Waals surface area contributed by atoms with Crippen LogP contribution in [0.1, 0.15) is 23.7 Å². The van der Waals surface area contributed by atoms with Crippen molar-refractivity contribution in [2.75, 3.05) is 34.0 Å². The molecule has 0 atom stereocenters. The largest absolute Gasteiger partial charge is 0.497 e. The number of benzene rings is 1. The molecule has 24 heavy (non-hydrogen) atoms. The summed E-state index contributed by atoms with van der Waals surface area (Å²) in [5.41, 5.74) is 0.202. The van der Waals surface area contributed by atoms with E-state index < -0.39 is 5.91 Å². The average Bonchev–Trinajstić information content (AvgIpc) is 2.60. The summed E-state index contributed by atoms with van der Waals surface area (Å²) in [6.07, 6.45) is 2.09. The molecule has 0 saturated heterocycles. The van der Waals surface area contributed by atoms with E-state index in [1.54, 1.807) is 12.1 Å². The topological polar surface area (TPSA) is 89.7 Å². The van der Waals surface area contributed by atoms with Crippen molar-refractivity contribution in [3.63, 3.8) is 0 Å². The number of amides is 1. The van der Waals surface area contributed by atoms with E-state index >= 15 is 0 Å². The predicted octanol–water partition coefficient (Wildman–Crippen LogP) is 1.70. The number of hydrogen-bond acceptors (Lipinski definition) is 5. The van der Waals surface area contributed by atoms with Gasteiger partial charge in [-0.2, -0.15) is 0 Å². The van der Waals surface area contributed by atoms with Gasteiger partial charge in [0.15, 0.2) is 0 Å². The van der Waals surface area contributed by atoms with Gasteiger partial charge < -0.3 is 24.5 Å². The number of ether oxygens (including phenoxy) is 3. The Hall–Kier alpha value is -2.54. The third-order valence-corrected chi connectivity index (χ3v) is 3.58. The van der Waals surface area contributed by atoms with Gasteiger partial charge in [0.2, 0.25) is 5.43 Å². The van der Waals surface area contributed by atoms with Crippen LogP contribution in [0.25, 0.3) is 10.9 Å². The standard InChI is InChI=1S/C17H22N2O5/c1-4-24-7-5-6-18-17(21)13-10-19-15-12(16(13)20)8-11(22-2)9-14(15)23-3/h8-10H,4-7H2,1-3H3,(H,18,21)(H,19,20). The summed E-state index contributed by atoms with van der Waals surface area (Å²) in [6.45, 7) is 3.56. The van der Waals surface area contributed by atoms with E-state index in [9.17, 15) is 9.59 Å². The zero-order valence-electron chi connectivity index (χ0n) is 14.1. The summed E-state index contributed by atoms with van der Waals surface area (Å²) >= 11 is 0. The number of H-pyrrole nitrogens is 1. The summed E-state index contributed by atoms with van der Waals surface area (Å²) in [4.78, 5) is 27.8. The first-order chi connectivity index (χ1) is 11.6. The first-order valence-corrected chi connectivity index (χ1v) is 7.75. The number of rotatable bonds is 8. The lowest BCUT2D eigenvalue weighted by atomic mass is 10.1. The average molecular weight is 334 g/mol. The van der Waals surface area contributed by atoms with Gasteiger partial charge in [0, 0.05) is 32.0 Å². The maximum atomic E-state index is 12.6. The van der Waals surface area contributed by atoms with Gasteiger partial charge >= 0.3 is 0 Å². The van der Waals surface area contributed by atoms with Crippen molar-refractivity contribution >= 4 is 16.8 Å². The van der Waals surface area contributed by atoms with Crippen molar-refractivity contribution < 1.29 is 19.0 Å². The van der Waals surface area contributed by atoms with Gasteiger partial charge in [-0.25, -0.2) is 0 Å². The highest BCUT2D eigenvalue weighted by Gasteiger charge is 2.15. The van der Waals surface area contributed by atoms with Gasteiger partial charge in [-0.1, -0.05) is 0 Å². The fraction of sp³-hybridized carbons (Fsp3) is 0.412. The number of carbonyl (C=O) groups excluding carboxylic acids is 1. The third-order valence-electron chi connectivity index (χ3n) is 3.58. The molecular formula is C17H22N2O5. The molecule has 0 radical (unpaired) electrons. The van der Waals surface area contributed by atoms with E-state index in [-0.39, 0.29) is 11.0 Å². The highest BCUT2D eigenvalue weighted by molar-refractivity contribution is 5.98. The second-order valence-corrected chi connectivity index (χ2v) is 5.09. The SMILES string of the molecule is CCOCCCNC(=O)c1c[nH]c2c(OC)cc(OC)cc2c1=O. The molecule has 0 bridgehead atoms. The summed E-state index contributed by atoms with van der Waals surface area (Å²) in [5.74, 6) is 0.542. The van der Waals surface area contributed by atoms with Crippen molar-refractivity contribution in [1.29, 1.82) is 0 Å². The van der Waals surface area contributed by atoms with Crippen LogP contribution in [-0.4, -0.2) is 44.9 Å². The Morgan fingerprint density at radius 3 is 2.71 bits per heavy atom. The van der Waals surface area contributed by atoms with Gasteiger partial charge in [-0.3, -0.25) is 9.59 Å². The molecule has 1 aromatic carbocycles. The lowest BCUT2D eigenvalue weighted by molar-refractivity contribution is 0.0943. The van der Waals surface area contributed by atoms with Crippen LogP contribution >= 0.6 is 0 Å². The number of carbonyl (C=O) groups is 1. The van der Waals surface area contributed by atoms with E-state index in [0.717, 1.165) is 0 Å². The van der Waals surface area contributed by atoms with Crippen molar-refractivity contribution in [1.82, 2.24) is 10.3 Å². The van der Waals surface area contributed by atoms with Gasteiger partial charge in [0.05, 0.1) is 25.1 Å². The molecule has 2 rings (SSSR count). The highest BCUT2D eigenvalue weighted by Crippen LogP contribution is 2.27. The smallest absolute Gasteiger partial charge is 0.256 e. The van der Waals surface area contributed by atoms with Crippen LogP contribution in [-0.2, 0) is 4.74 Å². The molecule has 2 N–H and O–H groups in total. The Kier molecular flexibility index (Phi) is 6.20. The molecule has 0 unspecified atom stereocenters. The lowest BCUT2D eigenvalue weighted by Crippen LogP contribution is -2.30. The van der Waals surface area contributed by atoms with E-state index in [1.807, 2.05) is 6.92 Å². The van der Waals surface area contributed by atoms with Crippen molar-refractivity contribution in [3.05, 3.63) is 34.1 Å². The first-order valence-electron chi connectivity index (χ1n) is 7.75. The molecule has 0 aliphatic heterocycles. The summed E-state index contributed by atoms with van der Waals surface area (Å²) in [5, 5.41) is 3.06. The summed E-state index contributed by atoms with van der Waals surface area (Å²) < 4.78 is 15.6. The lowest BCUT2D eigenvalue weighted by Gasteiger charge is -2.10. The second kappa shape index (κ2) is 8.35. The van der Waals surface area contributed by atoms with Gasteiger partial charge in [-0.15, -0.1) is 0 Å². The molecule has 0 fully saturated rings. The molecule has 1 aromatic heterocycles. The fourth-order valence-corrected chi connectivity index (χ4v) is 2.34. The minimum Gasteiger partial charge on any atom is -0.497 e. The van der Waals surface area contributed by atoms with Gasteiger partial charge in [-0.05, 0) is 19.4 Å². The monoisotopic (exact) mass is 334 g/mol. The van der Waals surface area contributed by atoms with Crippen LogP contribution < -0.4 is 20.2 Å². The number of nitrogens with one attached hydrogen (secondary N) is 2. The quantitative estimate of drug-likeness (QED) is 0.717. The zero-order valence-corrected chi connectivity index (χ0v) is 14.1. The number of aromatic amines is 1. The predicted molar refractivity (Wildman–Crippen MR) is 91.1 cm³/mol. The van der Waals surface area contributed by atoms with Crippen LogP contribution in [0.2, 0.25) is 0 Å². The normalized spacial score (nSPS) is 10.6. The van der Waals surface area contributed by atoms with E-state index in [1.165, 1.54) is 20.4 Å². The molecular weight excluding hydrogens is 312 g/mol. The van der Waals surface area contributed by atoms with Crippen molar-refractivity contribution in [2.45, 2.75) is 13.3 Å². The number of fused-ring (bicyclic) bond motifs is 1. The Labute approximate surface area is 139 Å². The first kappa shape index (κ1) is 17.8. The Morgan fingerprint density at radius 1 is 1.25 bits per heavy atom. The van der Waals surface area contributed by atoms with Crippen molar-refractivity contribution in [2.24, 2.45) is 0 Å². The van der Waals surface area contributed by atoms with Crippen molar-refractivity contribution in [3.8, 4) is 11.5 Å². The van der Waals surface area contributed by atoms with Crippen LogP contribution in [0.4, 0.5) is 0 Å². The van der Waals surface area contributed by atoms with Crippen LogP contribution in [0.5, 0.6) is 11.5 Å². The molecule has 0 aliphatic rings. The minimum absolute atomic E-state index is 0.0502. The Balaban J connectivity index is 2.27. The molecule has 0 saturated carbocycles. The van der Waals surface area contributed by atoms with Crippen LogP contribution in [0.3, 0.4) is 0 Å². The summed E-state index contributed by atoms with van der Waals surface area (Å²) in [7, 11) is 3.01. The highest BCUT2D eigenvalue weighted by atomic mass is 16.5. The molecule has 130 valence electrons. The maximum absolute atomic E-state index is 12.6. The number of hydrogen-bond donors (Lipinski definition) is 2. The Morgan fingerprint density at radius 2 is 2.04 bits per heavy atom. The van der Waals surface area contributed by atoms with Gasteiger partial charge in [0.25, 0.3) is 5.91 Å². The fourth-order valence-electron chi connectivity index (χ4n) is 2.34. The van der Waals surface area contributed by atoms with E-state index in [0.29, 0.717) is 48.6 Å². The number of aromatic nitrogens is 1.